The number of aromatic nitrogens is 1. The molecule has 0 aliphatic rings. The third kappa shape index (κ3) is 4.05. The van der Waals surface area contributed by atoms with Gasteiger partial charge in [0.25, 0.3) is 5.69 Å². The Kier molecular flexibility index (Phi) is 4.35. The Balaban J connectivity index is 2.84. The number of pyridine rings is 1. The van der Waals surface area contributed by atoms with Crippen LogP contribution in [0.3, 0.4) is 0 Å². The van der Waals surface area contributed by atoms with Gasteiger partial charge in [-0.05, 0) is 5.92 Å². The fourth-order valence-electron chi connectivity index (χ4n) is 0.891. The molecule has 0 aliphatic carbocycles. The van der Waals surface area contributed by atoms with Crippen LogP contribution in [0.5, 0.6) is 0 Å². The number of thioether (sulfide) groups is 1. The molecule has 6 heteroatoms. The van der Waals surface area contributed by atoms with Crippen LogP contribution in [0.4, 0.5) is 5.69 Å². The van der Waals surface area contributed by atoms with Gasteiger partial charge in [-0.25, -0.2) is 4.98 Å². The molecule has 4 nitrogen and oxygen atoms in total. The molecule has 0 saturated carbocycles. The molecule has 0 bridgehead atoms. The summed E-state index contributed by atoms with van der Waals surface area (Å²) in [6.07, 6.45) is 0. The standard InChI is InChI=1S/C9H11ClN2O2S/c1-6(2)5-15-9-4-7(12(13)14)3-8(10)11-9/h3-4,6H,5H2,1-2H3. The fraction of sp³-hybridized carbons (Fsp3) is 0.444. The lowest BCUT2D eigenvalue weighted by Crippen LogP contribution is -1.94. The first-order valence-electron chi connectivity index (χ1n) is 4.44. The molecule has 0 amide bonds. The molecule has 0 spiro atoms. The van der Waals surface area contributed by atoms with Crippen molar-refractivity contribution in [1.29, 1.82) is 0 Å². The van der Waals surface area contributed by atoms with Gasteiger partial charge in [-0.3, -0.25) is 10.1 Å². The van der Waals surface area contributed by atoms with E-state index in [0.717, 1.165) is 5.75 Å². The Bertz CT molecular complexity index is 371. The van der Waals surface area contributed by atoms with E-state index in [2.05, 4.69) is 18.8 Å². The van der Waals surface area contributed by atoms with Gasteiger partial charge in [0.2, 0.25) is 0 Å². The van der Waals surface area contributed by atoms with E-state index in [0.29, 0.717) is 10.9 Å². The molecule has 15 heavy (non-hydrogen) atoms. The van der Waals surface area contributed by atoms with Crippen LogP contribution >= 0.6 is 23.4 Å². The van der Waals surface area contributed by atoms with Gasteiger partial charge in [0, 0.05) is 11.8 Å². The first-order valence-corrected chi connectivity index (χ1v) is 5.80. The Morgan fingerprint density at radius 1 is 1.60 bits per heavy atom. The summed E-state index contributed by atoms with van der Waals surface area (Å²) in [6.45, 7) is 4.15. The molecule has 0 saturated heterocycles. The van der Waals surface area contributed by atoms with E-state index in [9.17, 15) is 10.1 Å². The summed E-state index contributed by atoms with van der Waals surface area (Å²) in [6, 6.07) is 2.69. The molecule has 82 valence electrons. The van der Waals surface area contributed by atoms with Gasteiger partial charge in [0.05, 0.1) is 11.0 Å². The lowest BCUT2D eigenvalue weighted by molar-refractivity contribution is -0.385. The van der Waals surface area contributed by atoms with Gasteiger partial charge in [-0.1, -0.05) is 25.4 Å². The van der Waals surface area contributed by atoms with E-state index < -0.39 is 4.92 Å². The maximum atomic E-state index is 10.6. The molecule has 0 fully saturated rings. The van der Waals surface area contributed by atoms with E-state index >= 15 is 0 Å². The smallest absolute Gasteiger partial charge is 0.258 e. The van der Waals surface area contributed by atoms with Crippen LogP contribution in [0.1, 0.15) is 13.8 Å². The van der Waals surface area contributed by atoms with Crippen LogP contribution < -0.4 is 0 Å². The zero-order chi connectivity index (χ0) is 11.4. The second-order valence-corrected chi connectivity index (χ2v) is 4.88. The van der Waals surface area contributed by atoms with Crippen LogP contribution in [-0.2, 0) is 0 Å². The van der Waals surface area contributed by atoms with Crippen molar-refractivity contribution >= 4 is 29.1 Å². The van der Waals surface area contributed by atoms with E-state index in [4.69, 9.17) is 11.6 Å². The maximum Gasteiger partial charge on any atom is 0.275 e. The highest BCUT2D eigenvalue weighted by Crippen LogP contribution is 2.25. The summed E-state index contributed by atoms with van der Waals surface area (Å²) in [4.78, 5) is 14.1. The Labute approximate surface area is 97.2 Å². The number of hydrogen-bond donors (Lipinski definition) is 0. The summed E-state index contributed by atoms with van der Waals surface area (Å²) < 4.78 is 0. The van der Waals surface area contributed by atoms with Crippen molar-refractivity contribution in [2.45, 2.75) is 18.9 Å². The fourth-order valence-corrected chi connectivity index (χ4v) is 2.02. The SMILES string of the molecule is CC(C)CSc1cc([N+](=O)[O-])cc(Cl)n1. The summed E-state index contributed by atoms with van der Waals surface area (Å²) in [5.41, 5.74) is -0.0127. The van der Waals surface area contributed by atoms with Gasteiger partial charge >= 0.3 is 0 Å². The summed E-state index contributed by atoms with van der Waals surface area (Å²) >= 11 is 7.15. The zero-order valence-corrected chi connectivity index (χ0v) is 10.0. The molecular weight excluding hydrogens is 236 g/mol. The monoisotopic (exact) mass is 246 g/mol. The van der Waals surface area contributed by atoms with Crippen molar-refractivity contribution < 1.29 is 4.92 Å². The number of halogens is 1. The molecule has 1 rings (SSSR count). The van der Waals surface area contributed by atoms with Crippen molar-refractivity contribution in [3.05, 3.63) is 27.4 Å². The van der Waals surface area contributed by atoms with Crippen LogP contribution in [0.25, 0.3) is 0 Å². The normalized spacial score (nSPS) is 10.7. The minimum absolute atomic E-state index is 0.0127. The van der Waals surface area contributed by atoms with E-state index in [1.54, 1.807) is 0 Å². The highest BCUT2D eigenvalue weighted by atomic mass is 35.5. The minimum Gasteiger partial charge on any atom is -0.258 e. The van der Waals surface area contributed by atoms with Crippen molar-refractivity contribution in [2.24, 2.45) is 5.92 Å². The molecule has 1 aromatic rings. The van der Waals surface area contributed by atoms with Crippen LogP contribution in [0.15, 0.2) is 17.2 Å². The van der Waals surface area contributed by atoms with Gasteiger partial charge in [0.1, 0.15) is 10.2 Å². The average molecular weight is 247 g/mol. The molecule has 1 aromatic heterocycles. The molecule has 0 unspecified atom stereocenters. The number of nitrogens with zero attached hydrogens (tertiary/aromatic N) is 2. The predicted octanol–water partition coefficient (Wildman–Crippen LogP) is 3.39. The van der Waals surface area contributed by atoms with Crippen LogP contribution in [0.2, 0.25) is 5.15 Å². The van der Waals surface area contributed by atoms with Gasteiger partial charge in [-0.2, -0.15) is 0 Å². The van der Waals surface area contributed by atoms with Gasteiger partial charge in [-0.15, -0.1) is 11.8 Å². The third-order valence-corrected chi connectivity index (χ3v) is 3.06. The highest BCUT2D eigenvalue weighted by Gasteiger charge is 2.10. The van der Waals surface area contributed by atoms with Crippen LogP contribution in [0, 0.1) is 16.0 Å². The zero-order valence-electron chi connectivity index (χ0n) is 8.44. The van der Waals surface area contributed by atoms with Crippen LogP contribution in [-0.4, -0.2) is 15.7 Å². The number of rotatable bonds is 4. The van der Waals surface area contributed by atoms with Crippen molar-refractivity contribution in [3.8, 4) is 0 Å². The molecule has 0 radical (unpaired) electrons. The number of nitro groups is 1. The molecular formula is C9H11ClN2O2S. The van der Waals surface area contributed by atoms with Crippen molar-refractivity contribution in [3.63, 3.8) is 0 Å². The number of hydrogen-bond acceptors (Lipinski definition) is 4. The topological polar surface area (TPSA) is 56.0 Å². The summed E-state index contributed by atoms with van der Waals surface area (Å²) in [5, 5.41) is 11.3. The molecule has 0 aromatic carbocycles. The Morgan fingerprint density at radius 2 is 2.27 bits per heavy atom. The lowest BCUT2D eigenvalue weighted by Gasteiger charge is -2.03. The van der Waals surface area contributed by atoms with Crippen molar-refractivity contribution in [2.75, 3.05) is 5.75 Å². The lowest BCUT2D eigenvalue weighted by atomic mass is 10.3. The molecule has 1 heterocycles. The van der Waals surface area contributed by atoms with Crippen molar-refractivity contribution in [1.82, 2.24) is 4.98 Å². The molecule has 0 atom stereocenters. The highest BCUT2D eigenvalue weighted by molar-refractivity contribution is 7.99. The Morgan fingerprint density at radius 3 is 2.80 bits per heavy atom. The van der Waals surface area contributed by atoms with E-state index in [1.807, 2.05) is 0 Å². The average Bonchev–Trinajstić information content (AvgIpc) is 2.13. The first-order chi connectivity index (χ1) is 6.99. The summed E-state index contributed by atoms with van der Waals surface area (Å²) in [7, 11) is 0. The second-order valence-electron chi connectivity index (χ2n) is 3.45. The Hall–Kier alpha value is -0.810. The maximum absolute atomic E-state index is 10.6. The third-order valence-electron chi connectivity index (χ3n) is 1.53. The largest absolute Gasteiger partial charge is 0.275 e. The minimum atomic E-state index is -0.465. The van der Waals surface area contributed by atoms with E-state index in [1.165, 1.54) is 23.9 Å². The second kappa shape index (κ2) is 5.32. The van der Waals surface area contributed by atoms with Gasteiger partial charge in [0.15, 0.2) is 0 Å². The molecule has 0 N–H and O–H groups in total. The first kappa shape index (κ1) is 12.3. The summed E-state index contributed by atoms with van der Waals surface area (Å²) in [5.74, 6) is 1.37. The quantitative estimate of drug-likeness (QED) is 0.354. The van der Waals surface area contributed by atoms with Gasteiger partial charge < -0.3 is 0 Å². The predicted molar refractivity (Wildman–Crippen MR) is 61.5 cm³/mol. The van der Waals surface area contributed by atoms with E-state index in [-0.39, 0.29) is 10.8 Å². The molecule has 0 aliphatic heterocycles.